The smallest absolute Gasteiger partial charge is 0.409 e. The van der Waals surface area contributed by atoms with Gasteiger partial charge in [0.2, 0.25) is 0 Å². The van der Waals surface area contributed by atoms with Crippen LogP contribution in [0.15, 0.2) is 35.9 Å². The summed E-state index contributed by atoms with van der Waals surface area (Å²) in [6, 6.07) is 3.36. The molecule has 1 aromatic rings. The van der Waals surface area contributed by atoms with Gasteiger partial charge in [0.15, 0.2) is 11.5 Å². The summed E-state index contributed by atoms with van der Waals surface area (Å²) in [7, 11) is 4.54. The summed E-state index contributed by atoms with van der Waals surface area (Å²) in [5, 5.41) is 14.4. The molecule has 1 aromatic carbocycles. The molecule has 3 heterocycles. The first kappa shape index (κ1) is 38.2. The molecule has 0 spiro atoms. The van der Waals surface area contributed by atoms with Crippen molar-refractivity contribution in [1.29, 1.82) is 0 Å². The molecule has 1 amide bonds. The van der Waals surface area contributed by atoms with Crippen LogP contribution < -0.4 is 15.0 Å². The van der Waals surface area contributed by atoms with Crippen molar-refractivity contribution in [3.63, 3.8) is 0 Å². The minimum absolute atomic E-state index is 0.0645. The lowest BCUT2D eigenvalue weighted by molar-refractivity contribution is -0.157. The van der Waals surface area contributed by atoms with E-state index in [1.54, 1.807) is 70.0 Å². The van der Waals surface area contributed by atoms with Gasteiger partial charge in [0, 0.05) is 45.4 Å². The molecule has 4 rings (SSSR count). The Labute approximate surface area is 291 Å². The summed E-state index contributed by atoms with van der Waals surface area (Å²) in [5.74, 6) is -1.96. The van der Waals surface area contributed by atoms with E-state index in [2.05, 4.69) is 5.32 Å². The Morgan fingerprint density at radius 2 is 1.88 bits per heavy atom. The Morgan fingerprint density at radius 3 is 2.49 bits per heavy atom. The molecule has 270 valence electrons. The number of nitrogens with zero attached hydrogens (tertiary/aromatic N) is 1. The maximum atomic E-state index is 13.7. The largest absolute Gasteiger partial charge is 0.495 e. The number of carbonyl (C=O) groups excluding carboxylic acids is 4. The predicted molar refractivity (Wildman–Crippen MR) is 179 cm³/mol. The second-order valence-corrected chi connectivity index (χ2v) is 13.8. The maximum absolute atomic E-state index is 13.7. The molecule has 3 aliphatic heterocycles. The first-order chi connectivity index (χ1) is 22.9. The Kier molecular flexibility index (Phi) is 11.7. The van der Waals surface area contributed by atoms with E-state index in [-0.39, 0.29) is 30.2 Å². The number of aliphatic hydroxyl groups is 1. The monoisotopic (exact) mass is 706 g/mol. The number of rotatable bonds is 5. The minimum atomic E-state index is -1.87. The summed E-state index contributed by atoms with van der Waals surface area (Å²) < 4.78 is 34.6. The van der Waals surface area contributed by atoms with Crippen LogP contribution >= 0.6 is 11.6 Å². The molecule has 8 atom stereocenters. The minimum Gasteiger partial charge on any atom is -0.495 e. The molecule has 8 unspecified atom stereocenters. The average Bonchev–Trinajstić information content (AvgIpc) is 3.72. The van der Waals surface area contributed by atoms with Crippen LogP contribution in [0.1, 0.15) is 66.1 Å². The van der Waals surface area contributed by atoms with Crippen LogP contribution in [0.5, 0.6) is 5.75 Å². The second kappa shape index (κ2) is 15.1. The Bertz CT molecular complexity index is 1510. The Balaban J connectivity index is 1.84. The third kappa shape index (κ3) is 8.39. The number of alkyl carbamates (subject to hydrolysis) is 1. The Morgan fingerprint density at radius 1 is 1.18 bits per heavy atom. The van der Waals surface area contributed by atoms with Gasteiger partial charge in [-0.15, -0.1) is 0 Å². The highest BCUT2D eigenvalue weighted by atomic mass is 35.5. The third-order valence-corrected chi connectivity index (χ3v) is 9.66. The number of hydrogen-bond acceptors (Lipinski definition) is 12. The van der Waals surface area contributed by atoms with Crippen molar-refractivity contribution in [2.75, 3.05) is 32.7 Å². The molecule has 4 bridgehead atoms. The number of epoxide rings is 1. The fourth-order valence-corrected chi connectivity index (χ4v) is 6.74. The van der Waals surface area contributed by atoms with Gasteiger partial charge in [-0.05, 0) is 31.6 Å². The van der Waals surface area contributed by atoms with Crippen LogP contribution in [0, 0.1) is 11.8 Å². The molecule has 0 radical (unpaired) electrons. The molecular formula is C35H47ClN2O11. The van der Waals surface area contributed by atoms with Crippen molar-refractivity contribution in [2.45, 2.75) is 96.2 Å². The number of benzene rings is 1. The molecule has 2 N–H and O–H groups in total. The number of hydrogen-bond donors (Lipinski definition) is 2. The molecule has 3 aliphatic rings. The average molecular weight is 707 g/mol. The lowest BCUT2D eigenvalue weighted by atomic mass is 9.83. The summed E-state index contributed by atoms with van der Waals surface area (Å²) in [4.78, 5) is 53.2. The molecule has 13 nitrogen and oxygen atoms in total. The van der Waals surface area contributed by atoms with E-state index in [0.717, 1.165) is 0 Å². The van der Waals surface area contributed by atoms with Crippen LogP contribution in [0.2, 0.25) is 5.02 Å². The highest BCUT2D eigenvalue weighted by Crippen LogP contribution is 2.49. The number of ketones is 1. The number of methoxy groups -OCH3 is 2. The first-order valence-corrected chi connectivity index (χ1v) is 16.6. The number of amides is 1. The molecule has 0 aromatic heterocycles. The van der Waals surface area contributed by atoms with Gasteiger partial charge in [-0.25, -0.2) is 4.79 Å². The van der Waals surface area contributed by atoms with Crippen molar-refractivity contribution >= 4 is 41.1 Å². The molecule has 2 fully saturated rings. The third-order valence-electron chi connectivity index (χ3n) is 9.28. The fraction of sp³-hybridized carbons (Fsp3) is 0.600. The Hall–Kier alpha value is -3.65. The zero-order valence-electron chi connectivity index (χ0n) is 29.4. The quantitative estimate of drug-likeness (QED) is 0.252. The van der Waals surface area contributed by atoms with Crippen LogP contribution in [0.3, 0.4) is 0 Å². The van der Waals surface area contributed by atoms with Crippen LogP contribution in [-0.4, -0.2) is 92.5 Å². The van der Waals surface area contributed by atoms with Crippen LogP contribution in [0.25, 0.3) is 0 Å². The number of likely N-dealkylation sites (N-methyl/N-ethyl adjacent to an activating group) is 1. The lowest BCUT2D eigenvalue weighted by Crippen LogP contribution is -2.63. The van der Waals surface area contributed by atoms with Crippen molar-refractivity contribution in [3.8, 4) is 5.75 Å². The van der Waals surface area contributed by atoms with Crippen molar-refractivity contribution in [3.05, 3.63) is 46.5 Å². The number of nitrogens with one attached hydrogen (secondary N) is 1. The number of halogens is 1. The highest BCUT2D eigenvalue weighted by molar-refractivity contribution is 6.34. The maximum Gasteiger partial charge on any atom is 0.409 e. The number of Topliss-reactive ketones (excluding diaryl/α,β-unsaturated/α-hetero) is 1. The van der Waals surface area contributed by atoms with Gasteiger partial charge >= 0.3 is 18.0 Å². The lowest BCUT2D eigenvalue weighted by Gasteiger charge is -2.42. The number of ether oxygens (including phenoxy) is 6. The molecule has 0 saturated carbocycles. The van der Waals surface area contributed by atoms with Crippen LogP contribution in [-0.2, 0) is 38.1 Å². The molecule has 49 heavy (non-hydrogen) atoms. The molecule has 2 saturated heterocycles. The highest BCUT2D eigenvalue weighted by Gasteiger charge is 2.64. The number of allylic oxidation sites excluding steroid dienone is 2. The number of anilines is 1. The van der Waals surface area contributed by atoms with E-state index < -0.39 is 71.7 Å². The van der Waals surface area contributed by atoms with Crippen molar-refractivity contribution in [1.82, 2.24) is 5.32 Å². The van der Waals surface area contributed by atoms with Gasteiger partial charge in [-0.2, -0.15) is 0 Å². The van der Waals surface area contributed by atoms with Gasteiger partial charge in [0.25, 0.3) is 0 Å². The molecule has 14 heteroatoms. The molecule has 0 aliphatic carbocycles. The summed E-state index contributed by atoms with van der Waals surface area (Å²) >= 11 is 6.74. The normalized spacial score (nSPS) is 32.2. The van der Waals surface area contributed by atoms with E-state index in [0.29, 0.717) is 22.6 Å². The van der Waals surface area contributed by atoms with E-state index in [1.807, 2.05) is 6.92 Å². The van der Waals surface area contributed by atoms with E-state index in [9.17, 15) is 24.3 Å². The SMILES string of the molecule is COc1cc2cc(c1Cl)N(C)CC(=O)CC(OC(=O)C(C)C)C1(C)OC1C(C)C1CC(O)(NC(=O)O1)C(OC)C=CC=C(C)C2OC(C)=O. The zero-order chi connectivity index (χ0) is 36.4. The van der Waals surface area contributed by atoms with Gasteiger partial charge in [-0.3, -0.25) is 19.7 Å². The predicted octanol–water partition coefficient (Wildman–Crippen LogP) is 4.43. The standard InChI is InChI=1S/C35H47ClN2O11/c1-18(2)32(41)48-28-15-23(40)17-38(7)24-13-22(14-25(44-8)29(24)36)30(46-21(5)39)19(3)11-10-12-27(45-9)35(43)16-26(47-33(42)37-35)20(4)31-34(28,6)49-31/h10-14,18,20,26-28,30-31,43H,15-17H2,1-9H3,(H,37,42). The number of carbonyl (C=O) groups is 4. The molecular weight excluding hydrogens is 660 g/mol. The summed E-state index contributed by atoms with van der Waals surface area (Å²) in [6.45, 7) is 9.87. The van der Waals surface area contributed by atoms with Gasteiger partial charge in [0.05, 0.1) is 31.4 Å². The van der Waals surface area contributed by atoms with Gasteiger partial charge in [0.1, 0.15) is 40.8 Å². The fourth-order valence-electron chi connectivity index (χ4n) is 6.40. The summed E-state index contributed by atoms with van der Waals surface area (Å²) in [5.41, 5.74) is -1.40. The number of esters is 2. The van der Waals surface area contributed by atoms with Crippen molar-refractivity contribution < 1.29 is 52.7 Å². The van der Waals surface area contributed by atoms with Crippen LogP contribution in [0.4, 0.5) is 10.5 Å². The first-order valence-electron chi connectivity index (χ1n) is 16.2. The van der Waals surface area contributed by atoms with E-state index in [1.165, 1.54) is 21.1 Å². The number of fused-ring (bicyclic) bond motifs is 5. The summed E-state index contributed by atoms with van der Waals surface area (Å²) in [6.07, 6.45) is -0.464. The van der Waals surface area contributed by atoms with E-state index in [4.69, 9.17) is 40.0 Å². The van der Waals surface area contributed by atoms with Crippen molar-refractivity contribution in [2.24, 2.45) is 11.8 Å². The second-order valence-electron chi connectivity index (χ2n) is 13.5. The zero-order valence-corrected chi connectivity index (χ0v) is 30.2. The van der Waals surface area contributed by atoms with Gasteiger partial charge in [-0.1, -0.05) is 50.6 Å². The van der Waals surface area contributed by atoms with Gasteiger partial charge < -0.3 is 38.4 Å². The van der Waals surface area contributed by atoms with E-state index >= 15 is 0 Å². The topological polar surface area (TPSA) is 162 Å².